The van der Waals surface area contributed by atoms with Gasteiger partial charge in [-0.15, -0.1) is 0 Å². The Morgan fingerprint density at radius 1 is 1.12 bits per heavy atom. The van der Waals surface area contributed by atoms with Crippen LogP contribution < -0.4 is 5.32 Å². The maximum Gasteiger partial charge on any atom is 0.0213 e. The van der Waals surface area contributed by atoms with E-state index in [2.05, 4.69) is 44.3 Å². The van der Waals surface area contributed by atoms with Crippen molar-refractivity contribution in [3.63, 3.8) is 0 Å². The fraction of sp³-hybridized carbons (Fsp3) is 0.625. The monoisotopic (exact) mass is 231 g/mol. The fourth-order valence-corrected chi connectivity index (χ4v) is 2.86. The number of hydrogen-bond acceptors (Lipinski definition) is 1. The Morgan fingerprint density at radius 3 is 2.47 bits per heavy atom. The molecule has 1 nitrogen and oxygen atoms in total. The molecular formula is C16H25N. The summed E-state index contributed by atoms with van der Waals surface area (Å²) in [6.07, 6.45) is 6.85. The third-order valence-corrected chi connectivity index (χ3v) is 4.16. The Hall–Kier alpha value is -0.820. The van der Waals surface area contributed by atoms with E-state index in [0.29, 0.717) is 5.54 Å². The van der Waals surface area contributed by atoms with Gasteiger partial charge in [0.1, 0.15) is 0 Å². The van der Waals surface area contributed by atoms with E-state index in [-0.39, 0.29) is 0 Å². The molecule has 1 saturated carbocycles. The Morgan fingerprint density at radius 2 is 1.82 bits per heavy atom. The van der Waals surface area contributed by atoms with Crippen LogP contribution in [0.3, 0.4) is 0 Å². The van der Waals surface area contributed by atoms with Gasteiger partial charge in [-0.25, -0.2) is 0 Å². The highest BCUT2D eigenvalue weighted by atomic mass is 15.0. The molecule has 94 valence electrons. The summed E-state index contributed by atoms with van der Waals surface area (Å²) in [7, 11) is 0. The minimum Gasteiger partial charge on any atom is -0.307 e. The standard InChI is InChI=1S/C16H25N/c1-13-7-8-15(14(2)11-13)12-17-16(3)9-5-4-6-10-16/h7-8,11,17H,4-6,9-10,12H2,1-3H3. The fourth-order valence-electron chi connectivity index (χ4n) is 2.86. The first kappa shape index (κ1) is 12.6. The molecule has 0 atom stereocenters. The van der Waals surface area contributed by atoms with E-state index >= 15 is 0 Å². The van der Waals surface area contributed by atoms with Crippen molar-refractivity contribution in [1.82, 2.24) is 5.32 Å². The molecule has 0 amide bonds. The van der Waals surface area contributed by atoms with Crippen molar-refractivity contribution in [3.05, 3.63) is 34.9 Å². The molecule has 1 heteroatoms. The molecule has 0 aliphatic heterocycles. The van der Waals surface area contributed by atoms with Gasteiger partial charge in [-0.2, -0.15) is 0 Å². The zero-order valence-electron chi connectivity index (χ0n) is 11.5. The van der Waals surface area contributed by atoms with Gasteiger partial charge in [0, 0.05) is 12.1 Å². The van der Waals surface area contributed by atoms with E-state index < -0.39 is 0 Å². The molecule has 0 unspecified atom stereocenters. The van der Waals surface area contributed by atoms with Crippen molar-refractivity contribution < 1.29 is 0 Å². The smallest absolute Gasteiger partial charge is 0.0213 e. The number of benzene rings is 1. The summed E-state index contributed by atoms with van der Waals surface area (Å²) in [5.41, 5.74) is 4.59. The Labute approximate surface area is 106 Å². The van der Waals surface area contributed by atoms with Gasteiger partial charge < -0.3 is 5.32 Å². The van der Waals surface area contributed by atoms with Crippen molar-refractivity contribution in [2.24, 2.45) is 0 Å². The normalized spacial score (nSPS) is 19.2. The minimum absolute atomic E-state index is 0.371. The van der Waals surface area contributed by atoms with Crippen LogP contribution in [0.5, 0.6) is 0 Å². The number of rotatable bonds is 3. The lowest BCUT2D eigenvalue weighted by atomic mass is 9.83. The van der Waals surface area contributed by atoms with Crippen LogP contribution in [0.2, 0.25) is 0 Å². The summed E-state index contributed by atoms with van der Waals surface area (Å²) in [6.45, 7) is 7.78. The lowest BCUT2D eigenvalue weighted by molar-refractivity contribution is 0.252. The van der Waals surface area contributed by atoms with Crippen molar-refractivity contribution in [3.8, 4) is 0 Å². The molecular weight excluding hydrogens is 206 g/mol. The quantitative estimate of drug-likeness (QED) is 0.825. The van der Waals surface area contributed by atoms with Crippen LogP contribution >= 0.6 is 0 Å². The maximum absolute atomic E-state index is 3.77. The zero-order valence-corrected chi connectivity index (χ0v) is 11.5. The molecule has 0 bridgehead atoms. The number of nitrogens with one attached hydrogen (secondary N) is 1. The topological polar surface area (TPSA) is 12.0 Å². The number of hydrogen-bond donors (Lipinski definition) is 1. The minimum atomic E-state index is 0.371. The van der Waals surface area contributed by atoms with Crippen LogP contribution in [0.25, 0.3) is 0 Å². The lowest BCUT2D eigenvalue weighted by Crippen LogP contribution is -2.43. The molecule has 2 rings (SSSR count). The van der Waals surface area contributed by atoms with Crippen LogP contribution in [0.1, 0.15) is 55.7 Å². The lowest BCUT2D eigenvalue weighted by Gasteiger charge is -2.35. The summed E-state index contributed by atoms with van der Waals surface area (Å²) in [4.78, 5) is 0. The van der Waals surface area contributed by atoms with Crippen molar-refractivity contribution in [2.45, 2.75) is 65.0 Å². The molecule has 0 heterocycles. The highest BCUT2D eigenvalue weighted by molar-refractivity contribution is 5.30. The molecule has 1 aromatic carbocycles. The average Bonchev–Trinajstić information content (AvgIpc) is 2.29. The van der Waals surface area contributed by atoms with Gasteiger partial charge in [0.25, 0.3) is 0 Å². The SMILES string of the molecule is Cc1ccc(CNC2(C)CCCCC2)c(C)c1. The van der Waals surface area contributed by atoms with Crippen molar-refractivity contribution >= 4 is 0 Å². The molecule has 0 aromatic heterocycles. The molecule has 1 aliphatic rings. The summed E-state index contributed by atoms with van der Waals surface area (Å²) in [5, 5.41) is 3.77. The van der Waals surface area contributed by atoms with Gasteiger partial charge >= 0.3 is 0 Å². The second-order valence-corrected chi connectivity index (χ2v) is 5.90. The summed E-state index contributed by atoms with van der Waals surface area (Å²) < 4.78 is 0. The third-order valence-electron chi connectivity index (χ3n) is 4.16. The highest BCUT2D eigenvalue weighted by Gasteiger charge is 2.25. The van der Waals surface area contributed by atoms with Crippen LogP contribution in [0, 0.1) is 13.8 Å². The Bertz CT molecular complexity index is 375. The van der Waals surface area contributed by atoms with Crippen molar-refractivity contribution in [2.75, 3.05) is 0 Å². The maximum atomic E-state index is 3.77. The predicted molar refractivity (Wildman–Crippen MR) is 74.2 cm³/mol. The first-order valence-electron chi connectivity index (χ1n) is 6.90. The van der Waals surface area contributed by atoms with E-state index in [9.17, 15) is 0 Å². The molecule has 1 aliphatic carbocycles. The summed E-state index contributed by atoms with van der Waals surface area (Å²) >= 11 is 0. The van der Waals surface area contributed by atoms with Gasteiger partial charge in [-0.3, -0.25) is 0 Å². The van der Waals surface area contributed by atoms with Gasteiger partial charge in [-0.05, 0) is 44.7 Å². The summed E-state index contributed by atoms with van der Waals surface area (Å²) in [5.74, 6) is 0. The molecule has 1 fully saturated rings. The predicted octanol–water partition coefficient (Wildman–Crippen LogP) is 4.12. The highest BCUT2D eigenvalue weighted by Crippen LogP contribution is 2.28. The second-order valence-electron chi connectivity index (χ2n) is 5.90. The molecule has 17 heavy (non-hydrogen) atoms. The van der Waals surface area contributed by atoms with Crippen molar-refractivity contribution in [1.29, 1.82) is 0 Å². The molecule has 1 N–H and O–H groups in total. The average molecular weight is 231 g/mol. The first-order chi connectivity index (χ1) is 8.09. The van der Waals surface area contributed by atoms with Gasteiger partial charge in [0.2, 0.25) is 0 Å². The molecule has 0 saturated heterocycles. The van der Waals surface area contributed by atoms with Crippen LogP contribution in [0.4, 0.5) is 0 Å². The van der Waals surface area contributed by atoms with E-state index in [0.717, 1.165) is 6.54 Å². The zero-order chi connectivity index (χ0) is 12.3. The van der Waals surface area contributed by atoms with E-state index in [1.165, 1.54) is 48.8 Å². The van der Waals surface area contributed by atoms with Crippen LogP contribution in [-0.2, 0) is 6.54 Å². The molecule has 0 spiro atoms. The Balaban J connectivity index is 1.97. The van der Waals surface area contributed by atoms with Gasteiger partial charge in [0.05, 0.1) is 0 Å². The van der Waals surface area contributed by atoms with E-state index in [4.69, 9.17) is 0 Å². The van der Waals surface area contributed by atoms with E-state index in [1.54, 1.807) is 0 Å². The summed E-state index contributed by atoms with van der Waals surface area (Å²) in [6, 6.07) is 6.76. The Kier molecular flexibility index (Phi) is 3.88. The largest absolute Gasteiger partial charge is 0.307 e. The third kappa shape index (κ3) is 3.32. The second kappa shape index (κ2) is 5.22. The van der Waals surface area contributed by atoms with Gasteiger partial charge in [-0.1, -0.05) is 43.0 Å². The molecule has 0 radical (unpaired) electrons. The van der Waals surface area contributed by atoms with E-state index in [1.807, 2.05) is 0 Å². The first-order valence-corrected chi connectivity index (χ1v) is 6.90. The van der Waals surface area contributed by atoms with Gasteiger partial charge in [0.15, 0.2) is 0 Å². The number of aryl methyl sites for hydroxylation is 2. The molecule has 1 aromatic rings. The van der Waals surface area contributed by atoms with Crippen LogP contribution in [0.15, 0.2) is 18.2 Å². The van der Waals surface area contributed by atoms with Crippen LogP contribution in [-0.4, -0.2) is 5.54 Å².